The van der Waals surface area contributed by atoms with Crippen molar-refractivity contribution in [3.05, 3.63) is 85.1 Å². The van der Waals surface area contributed by atoms with E-state index >= 15 is 0 Å². The van der Waals surface area contributed by atoms with E-state index in [2.05, 4.69) is 27.6 Å². The summed E-state index contributed by atoms with van der Waals surface area (Å²) < 4.78 is 16.8. The molecule has 1 atom stereocenters. The number of nitrogen functional groups attached to an aromatic ring is 1. The summed E-state index contributed by atoms with van der Waals surface area (Å²) in [6.07, 6.45) is 4.55. The zero-order chi connectivity index (χ0) is 25.8. The Balaban J connectivity index is 1.70. The monoisotopic (exact) mass is 492 g/mol. The first kappa shape index (κ1) is 22.8. The smallest absolute Gasteiger partial charge is 0.246 e. The molecule has 5 aromatic rings. The number of anilines is 1. The average Bonchev–Trinajstić information content (AvgIpc) is 3.24. The summed E-state index contributed by atoms with van der Waals surface area (Å²) in [4.78, 5) is 28.3. The van der Waals surface area contributed by atoms with Crippen LogP contribution in [0.4, 0.5) is 10.2 Å². The van der Waals surface area contributed by atoms with E-state index in [1.54, 1.807) is 17.2 Å². The number of hydrogen-bond donors (Lipinski definition) is 1. The van der Waals surface area contributed by atoms with Crippen LogP contribution in [0.25, 0.3) is 44.3 Å². The first-order chi connectivity index (χ1) is 17.9. The number of carbonyl (C=O) groups is 1. The summed E-state index contributed by atoms with van der Waals surface area (Å²) in [5.74, 6) is -0.236. The fourth-order valence-electron chi connectivity index (χ4n) is 5.55. The molecule has 0 fully saturated rings. The molecule has 1 amide bonds. The van der Waals surface area contributed by atoms with Gasteiger partial charge in [0.25, 0.3) is 0 Å². The van der Waals surface area contributed by atoms with E-state index in [9.17, 15) is 9.18 Å². The van der Waals surface area contributed by atoms with Gasteiger partial charge >= 0.3 is 0 Å². The van der Waals surface area contributed by atoms with Gasteiger partial charge < -0.3 is 15.2 Å². The zero-order valence-electron chi connectivity index (χ0n) is 20.5. The van der Waals surface area contributed by atoms with Gasteiger partial charge in [-0.15, -0.1) is 0 Å². The summed E-state index contributed by atoms with van der Waals surface area (Å²) in [6, 6.07) is 14.2. The van der Waals surface area contributed by atoms with Crippen molar-refractivity contribution < 1.29 is 9.18 Å². The minimum Gasteiger partial charge on any atom is -0.383 e. The van der Waals surface area contributed by atoms with E-state index in [1.165, 1.54) is 24.5 Å². The molecule has 0 bridgehead atoms. The number of pyridine rings is 1. The fourth-order valence-corrected chi connectivity index (χ4v) is 5.55. The molecule has 37 heavy (non-hydrogen) atoms. The van der Waals surface area contributed by atoms with E-state index in [-0.39, 0.29) is 23.8 Å². The van der Waals surface area contributed by atoms with Gasteiger partial charge in [-0.1, -0.05) is 30.8 Å². The summed E-state index contributed by atoms with van der Waals surface area (Å²) in [6.45, 7) is 8.03. The van der Waals surface area contributed by atoms with Gasteiger partial charge in [0.1, 0.15) is 23.6 Å². The standard InChI is InChI=1S/C29H25FN6O/c1-4-24(37)36(16(2)3)23-14-35-27(21-12-19(30)9-10-20(21)23)25(26-28(31)33-15-34-29(26)35)18-11-17-7-5-6-8-22(17)32-13-18/h4-13,15-16,23H,1,14H2,2-3H3,(H2,31,33,34). The molecule has 4 heterocycles. The van der Waals surface area contributed by atoms with E-state index in [4.69, 9.17) is 5.73 Å². The summed E-state index contributed by atoms with van der Waals surface area (Å²) in [7, 11) is 0. The Morgan fingerprint density at radius 2 is 2.00 bits per heavy atom. The highest BCUT2D eigenvalue weighted by molar-refractivity contribution is 6.09. The molecule has 0 spiro atoms. The van der Waals surface area contributed by atoms with Crippen molar-refractivity contribution in [2.75, 3.05) is 5.73 Å². The molecule has 2 N–H and O–H groups in total. The van der Waals surface area contributed by atoms with Crippen molar-refractivity contribution >= 4 is 33.7 Å². The van der Waals surface area contributed by atoms with Gasteiger partial charge in [0, 0.05) is 40.9 Å². The Bertz CT molecular complexity index is 1720. The lowest BCUT2D eigenvalue weighted by molar-refractivity contribution is -0.130. The molecule has 1 aliphatic heterocycles. The molecule has 6 rings (SSSR count). The fraction of sp³-hybridized carbons (Fsp3) is 0.172. The van der Waals surface area contributed by atoms with Gasteiger partial charge in [0.2, 0.25) is 5.91 Å². The van der Waals surface area contributed by atoms with Crippen LogP contribution in [0.15, 0.2) is 73.7 Å². The molecule has 0 saturated heterocycles. The number of nitrogens with two attached hydrogens (primary N) is 1. The maximum absolute atomic E-state index is 14.8. The second kappa shape index (κ2) is 8.51. The number of nitrogens with zero attached hydrogens (tertiary/aromatic N) is 5. The quantitative estimate of drug-likeness (QED) is 0.334. The Labute approximate surface area is 213 Å². The number of carbonyl (C=O) groups excluding carboxylic acids is 1. The highest BCUT2D eigenvalue weighted by Gasteiger charge is 2.36. The Morgan fingerprint density at radius 3 is 2.78 bits per heavy atom. The van der Waals surface area contributed by atoms with Gasteiger partial charge in [0.05, 0.1) is 22.6 Å². The van der Waals surface area contributed by atoms with Crippen LogP contribution in [-0.2, 0) is 11.3 Å². The second-order valence-electron chi connectivity index (χ2n) is 9.50. The first-order valence-corrected chi connectivity index (χ1v) is 12.1. The normalized spacial score (nSPS) is 14.5. The van der Waals surface area contributed by atoms with Crippen molar-refractivity contribution in [2.24, 2.45) is 0 Å². The van der Waals surface area contributed by atoms with Crippen LogP contribution < -0.4 is 5.73 Å². The molecule has 0 radical (unpaired) electrons. The average molecular weight is 493 g/mol. The van der Waals surface area contributed by atoms with Crippen molar-refractivity contribution in [3.8, 4) is 22.4 Å². The van der Waals surface area contributed by atoms with Gasteiger partial charge in [-0.05, 0) is 49.8 Å². The van der Waals surface area contributed by atoms with Crippen molar-refractivity contribution in [3.63, 3.8) is 0 Å². The van der Waals surface area contributed by atoms with E-state index in [0.29, 0.717) is 29.0 Å². The van der Waals surface area contributed by atoms with Crippen LogP contribution in [0.5, 0.6) is 0 Å². The van der Waals surface area contributed by atoms with E-state index < -0.39 is 0 Å². The van der Waals surface area contributed by atoms with Gasteiger partial charge in [-0.25, -0.2) is 14.4 Å². The van der Waals surface area contributed by atoms with Crippen LogP contribution in [-0.4, -0.2) is 36.4 Å². The maximum Gasteiger partial charge on any atom is 0.246 e. The lowest BCUT2D eigenvalue weighted by atomic mass is 9.89. The van der Waals surface area contributed by atoms with Crippen LogP contribution in [0.2, 0.25) is 0 Å². The molecule has 0 saturated carbocycles. The molecule has 8 heteroatoms. The molecule has 1 unspecified atom stereocenters. The third kappa shape index (κ3) is 3.48. The highest BCUT2D eigenvalue weighted by Crippen LogP contribution is 2.49. The molecular weight excluding hydrogens is 467 g/mol. The number of benzene rings is 2. The van der Waals surface area contributed by atoms with Crippen molar-refractivity contribution in [1.29, 1.82) is 0 Å². The topological polar surface area (TPSA) is 89.9 Å². The number of amides is 1. The third-order valence-corrected chi connectivity index (χ3v) is 7.05. The van der Waals surface area contributed by atoms with Crippen molar-refractivity contribution in [2.45, 2.75) is 32.5 Å². The number of halogens is 1. The number of aromatic nitrogens is 4. The van der Waals surface area contributed by atoms with Gasteiger partial charge in [-0.3, -0.25) is 9.78 Å². The molecule has 7 nitrogen and oxygen atoms in total. The second-order valence-corrected chi connectivity index (χ2v) is 9.50. The van der Waals surface area contributed by atoms with Crippen LogP contribution >= 0.6 is 0 Å². The predicted octanol–water partition coefficient (Wildman–Crippen LogP) is 5.51. The highest BCUT2D eigenvalue weighted by atomic mass is 19.1. The molecule has 3 aromatic heterocycles. The third-order valence-electron chi connectivity index (χ3n) is 7.05. The van der Waals surface area contributed by atoms with Gasteiger partial charge in [-0.2, -0.15) is 0 Å². The molecule has 1 aliphatic rings. The number of fused-ring (bicyclic) bond motifs is 6. The Kier molecular flexibility index (Phi) is 5.26. The molecule has 2 aromatic carbocycles. The van der Waals surface area contributed by atoms with Crippen LogP contribution in [0.3, 0.4) is 0 Å². The summed E-state index contributed by atoms with van der Waals surface area (Å²) >= 11 is 0. The molecule has 0 aliphatic carbocycles. The Hall–Kier alpha value is -4.59. The molecular formula is C29H25FN6O. The SMILES string of the molecule is C=CC(=O)N(C(C)C)C1Cn2c(c(-c3cnc4ccccc4c3)c3c(N)ncnc32)-c2cc(F)ccc21. The first-order valence-electron chi connectivity index (χ1n) is 12.1. The lowest BCUT2D eigenvalue weighted by Gasteiger charge is -2.39. The van der Waals surface area contributed by atoms with E-state index in [1.807, 2.05) is 42.7 Å². The lowest BCUT2D eigenvalue weighted by Crippen LogP contribution is -2.42. The van der Waals surface area contributed by atoms with Crippen LogP contribution in [0, 0.1) is 5.82 Å². The molecule has 184 valence electrons. The number of hydrogen-bond acceptors (Lipinski definition) is 5. The summed E-state index contributed by atoms with van der Waals surface area (Å²) in [5.41, 5.74) is 11.9. The number of para-hydroxylation sites is 1. The minimum atomic E-state index is -0.371. The summed E-state index contributed by atoms with van der Waals surface area (Å²) in [5, 5.41) is 1.65. The largest absolute Gasteiger partial charge is 0.383 e. The van der Waals surface area contributed by atoms with Crippen LogP contribution in [0.1, 0.15) is 25.5 Å². The van der Waals surface area contributed by atoms with Crippen molar-refractivity contribution in [1.82, 2.24) is 24.4 Å². The number of rotatable bonds is 4. The Morgan fingerprint density at radius 1 is 1.19 bits per heavy atom. The van der Waals surface area contributed by atoms with E-state index in [0.717, 1.165) is 33.3 Å². The van der Waals surface area contributed by atoms with Gasteiger partial charge in [0.15, 0.2) is 0 Å². The zero-order valence-corrected chi connectivity index (χ0v) is 20.5. The predicted molar refractivity (Wildman–Crippen MR) is 143 cm³/mol. The minimum absolute atomic E-state index is 0.111. The maximum atomic E-state index is 14.8.